The number of thiophene rings is 1. The Labute approximate surface area is 353 Å². The molecule has 0 aliphatic carbocycles. The first-order chi connectivity index (χ1) is 30.2. The lowest BCUT2D eigenvalue weighted by Gasteiger charge is -2.12. The highest BCUT2D eigenvalue weighted by atomic mass is 32.1. The van der Waals surface area contributed by atoms with Gasteiger partial charge in [0.2, 0.25) is 0 Å². The summed E-state index contributed by atoms with van der Waals surface area (Å²) in [5, 5.41) is 9.49. The first kappa shape index (κ1) is 34.0. The third-order valence-electron chi connectivity index (χ3n) is 12.1. The molecule has 0 N–H and O–H groups in total. The summed E-state index contributed by atoms with van der Waals surface area (Å²) in [6.07, 6.45) is 0. The molecule has 61 heavy (non-hydrogen) atoms. The van der Waals surface area contributed by atoms with E-state index in [4.69, 9.17) is 19.4 Å². The van der Waals surface area contributed by atoms with E-state index in [0.29, 0.717) is 17.5 Å². The van der Waals surface area contributed by atoms with Gasteiger partial charge < -0.3 is 8.98 Å². The van der Waals surface area contributed by atoms with Crippen LogP contribution in [-0.2, 0) is 0 Å². The standard InChI is InChI=1S/C55H32N4OS/c1-2-12-35(13-3-1)53-56-54(58-55(57-53)37-28-31-48-44(32-37)39-14-8-11-21-47(39)61-48)36-24-22-33(23-25-36)34-26-29-38(30-27-34)59-45-19-9-6-17-42(45)49-40-15-4-5-16-41(40)52-50(51(49)59)43-18-7-10-20-46(43)60-52/h1-32H. The Morgan fingerprint density at radius 2 is 0.918 bits per heavy atom. The van der Waals surface area contributed by atoms with Crippen LogP contribution in [0.4, 0.5) is 0 Å². The minimum atomic E-state index is 0.637. The third-order valence-corrected chi connectivity index (χ3v) is 13.2. The Hall–Kier alpha value is -7.93. The molecule has 0 atom stereocenters. The molecule has 0 aliphatic heterocycles. The van der Waals surface area contributed by atoms with Crippen molar-refractivity contribution in [3.63, 3.8) is 0 Å². The van der Waals surface area contributed by atoms with Crippen molar-refractivity contribution in [3.8, 4) is 51.0 Å². The van der Waals surface area contributed by atoms with Crippen LogP contribution in [0.15, 0.2) is 199 Å². The number of nitrogens with zero attached hydrogens (tertiary/aromatic N) is 4. The van der Waals surface area contributed by atoms with E-state index in [-0.39, 0.29) is 0 Å². The first-order valence-corrected chi connectivity index (χ1v) is 21.2. The lowest BCUT2D eigenvalue weighted by Crippen LogP contribution is -2.00. The number of benzene rings is 9. The fraction of sp³-hybridized carbons (Fsp3) is 0. The minimum absolute atomic E-state index is 0.637. The molecule has 9 aromatic carbocycles. The minimum Gasteiger partial charge on any atom is -0.455 e. The van der Waals surface area contributed by atoms with E-state index in [0.717, 1.165) is 71.9 Å². The van der Waals surface area contributed by atoms with E-state index in [1.807, 2.05) is 47.7 Å². The van der Waals surface area contributed by atoms with Gasteiger partial charge in [0.1, 0.15) is 11.2 Å². The van der Waals surface area contributed by atoms with Gasteiger partial charge in [-0.3, -0.25) is 0 Å². The van der Waals surface area contributed by atoms with Crippen molar-refractivity contribution in [2.24, 2.45) is 0 Å². The van der Waals surface area contributed by atoms with Gasteiger partial charge in [-0.05, 0) is 65.0 Å². The van der Waals surface area contributed by atoms with Gasteiger partial charge in [-0.1, -0.05) is 146 Å². The monoisotopic (exact) mass is 796 g/mol. The molecule has 0 saturated heterocycles. The van der Waals surface area contributed by atoms with Gasteiger partial charge in [0.05, 0.1) is 16.4 Å². The van der Waals surface area contributed by atoms with Gasteiger partial charge in [0, 0.05) is 64.1 Å². The molecule has 4 heterocycles. The van der Waals surface area contributed by atoms with Gasteiger partial charge in [0.15, 0.2) is 17.5 Å². The SMILES string of the molecule is c1ccc(-c2nc(-c3ccc(-c4ccc(-n5c6ccccc6c6c7ccccc7c7oc8ccccc8c7c65)cc4)cc3)nc(-c3ccc4sc5ccccc5c4c3)n2)cc1. The maximum atomic E-state index is 6.64. The summed E-state index contributed by atoms with van der Waals surface area (Å²) in [5.41, 5.74) is 10.3. The van der Waals surface area contributed by atoms with Gasteiger partial charge >= 0.3 is 0 Å². The van der Waals surface area contributed by atoms with Crippen LogP contribution in [0.25, 0.3) is 126 Å². The number of hydrogen-bond acceptors (Lipinski definition) is 5. The van der Waals surface area contributed by atoms with E-state index in [2.05, 4.69) is 162 Å². The van der Waals surface area contributed by atoms with E-state index in [1.165, 1.54) is 36.3 Å². The van der Waals surface area contributed by atoms with Crippen LogP contribution in [0, 0.1) is 0 Å². The van der Waals surface area contributed by atoms with Crippen molar-refractivity contribution in [2.45, 2.75) is 0 Å². The van der Waals surface area contributed by atoms with E-state index < -0.39 is 0 Å². The Morgan fingerprint density at radius 3 is 1.69 bits per heavy atom. The molecule has 13 aromatic rings. The summed E-state index contributed by atoms with van der Waals surface area (Å²) >= 11 is 1.81. The number of para-hydroxylation sites is 2. The van der Waals surface area contributed by atoms with Gasteiger partial charge in [-0.2, -0.15) is 0 Å². The quantitative estimate of drug-likeness (QED) is 0.174. The van der Waals surface area contributed by atoms with Crippen molar-refractivity contribution >= 4 is 86.0 Å². The molecule has 284 valence electrons. The van der Waals surface area contributed by atoms with Crippen LogP contribution >= 0.6 is 11.3 Å². The zero-order valence-electron chi connectivity index (χ0n) is 32.6. The van der Waals surface area contributed by atoms with Gasteiger partial charge in [-0.25, -0.2) is 15.0 Å². The number of aromatic nitrogens is 4. The van der Waals surface area contributed by atoms with Crippen LogP contribution in [-0.4, -0.2) is 19.5 Å². The van der Waals surface area contributed by atoms with E-state index in [1.54, 1.807) is 0 Å². The lowest BCUT2D eigenvalue weighted by atomic mass is 9.99. The normalized spacial score (nSPS) is 11.9. The maximum Gasteiger partial charge on any atom is 0.164 e. The van der Waals surface area contributed by atoms with Crippen LogP contribution < -0.4 is 0 Å². The van der Waals surface area contributed by atoms with Crippen molar-refractivity contribution in [2.75, 3.05) is 0 Å². The number of furan rings is 1. The second kappa shape index (κ2) is 13.3. The van der Waals surface area contributed by atoms with E-state index >= 15 is 0 Å². The molecular weight excluding hydrogens is 765 g/mol. The first-order valence-electron chi connectivity index (χ1n) is 20.4. The number of rotatable bonds is 5. The highest BCUT2D eigenvalue weighted by molar-refractivity contribution is 7.25. The average molecular weight is 797 g/mol. The second-order valence-electron chi connectivity index (χ2n) is 15.5. The van der Waals surface area contributed by atoms with Gasteiger partial charge in [-0.15, -0.1) is 11.3 Å². The van der Waals surface area contributed by atoms with Crippen LogP contribution in [0.2, 0.25) is 0 Å². The van der Waals surface area contributed by atoms with Crippen molar-refractivity contribution < 1.29 is 4.42 Å². The summed E-state index contributed by atoms with van der Waals surface area (Å²) in [6.45, 7) is 0. The molecule has 4 aromatic heterocycles. The summed E-state index contributed by atoms with van der Waals surface area (Å²) in [6, 6.07) is 68.4. The Morgan fingerprint density at radius 1 is 0.377 bits per heavy atom. The summed E-state index contributed by atoms with van der Waals surface area (Å²) in [7, 11) is 0. The van der Waals surface area contributed by atoms with Gasteiger partial charge in [0.25, 0.3) is 0 Å². The predicted octanol–water partition coefficient (Wildman–Crippen LogP) is 15.1. The average Bonchev–Trinajstić information content (AvgIpc) is 4.02. The summed E-state index contributed by atoms with van der Waals surface area (Å²) < 4.78 is 11.6. The summed E-state index contributed by atoms with van der Waals surface area (Å²) in [5.74, 6) is 1.94. The molecule has 0 fully saturated rings. The maximum absolute atomic E-state index is 6.64. The van der Waals surface area contributed by atoms with E-state index in [9.17, 15) is 0 Å². The fourth-order valence-corrected chi connectivity index (χ4v) is 10.3. The molecule has 0 bridgehead atoms. The summed E-state index contributed by atoms with van der Waals surface area (Å²) in [4.78, 5) is 15.1. The lowest BCUT2D eigenvalue weighted by molar-refractivity contribution is 0.673. The topological polar surface area (TPSA) is 56.7 Å². The second-order valence-corrected chi connectivity index (χ2v) is 16.6. The molecule has 0 unspecified atom stereocenters. The zero-order chi connectivity index (χ0) is 40.0. The predicted molar refractivity (Wildman–Crippen MR) is 254 cm³/mol. The fourth-order valence-electron chi connectivity index (χ4n) is 9.22. The largest absolute Gasteiger partial charge is 0.455 e. The van der Waals surface area contributed by atoms with Crippen molar-refractivity contribution in [1.82, 2.24) is 19.5 Å². The molecule has 0 radical (unpaired) electrons. The van der Waals surface area contributed by atoms with Crippen LogP contribution in [0.1, 0.15) is 0 Å². The molecular formula is C55H32N4OS. The molecule has 6 heteroatoms. The van der Waals surface area contributed by atoms with Crippen LogP contribution in [0.5, 0.6) is 0 Å². The molecule has 0 aliphatic rings. The molecule has 13 rings (SSSR count). The number of fused-ring (bicyclic) bond motifs is 13. The Bertz CT molecular complexity index is 3860. The Kier molecular flexibility index (Phi) is 7.41. The molecule has 5 nitrogen and oxygen atoms in total. The van der Waals surface area contributed by atoms with Crippen molar-refractivity contribution in [3.05, 3.63) is 194 Å². The number of hydrogen-bond donors (Lipinski definition) is 0. The molecule has 0 amide bonds. The third kappa shape index (κ3) is 5.29. The highest BCUT2D eigenvalue weighted by Crippen LogP contribution is 2.46. The smallest absolute Gasteiger partial charge is 0.164 e. The molecule has 0 saturated carbocycles. The molecule has 0 spiro atoms. The Balaban J connectivity index is 0.912. The van der Waals surface area contributed by atoms with Crippen LogP contribution in [0.3, 0.4) is 0 Å². The van der Waals surface area contributed by atoms with Crippen molar-refractivity contribution in [1.29, 1.82) is 0 Å². The zero-order valence-corrected chi connectivity index (χ0v) is 33.4. The highest BCUT2D eigenvalue weighted by Gasteiger charge is 2.23.